The Kier molecular flexibility index (Phi) is 4.24. The molecule has 0 aliphatic carbocycles. The second-order valence-corrected chi connectivity index (χ2v) is 5.03. The van der Waals surface area contributed by atoms with Gasteiger partial charge in [0.05, 0.1) is 0 Å². The van der Waals surface area contributed by atoms with E-state index in [1.165, 1.54) is 17.0 Å². The second-order valence-electron chi connectivity index (χ2n) is 5.03. The first-order valence-corrected chi connectivity index (χ1v) is 6.42. The highest BCUT2D eigenvalue weighted by molar-refractivity contribution is 5.85. The number of carbonyl (C=O) groups is 2. The molecule has 0 radical (unpaired) electrons. The summed E-state index contributed by atoms with van der Waals surface area (Å²) >= 11 is 0. The monoisotopic (exact) mass is 279 g/mol. The van der Waals surface area contributed by atoms with Crippen molar-refractivity contribution in [2.75, 3.05) is 13.2 Å². The number of rotatable bonds is 5. The number of aliphatic hydroxyl groups excluding tert-OH is 1. The van der Waals surface area contributed by atoms with Crippen LogP contribution >= 0.6 is 0 Å². The van der Waals surface area contributed by atoms with Crippen LogP contribution in [0.1, 0.15) is 12.0 Å². The lowest BCUT2D eigenvalue weighted by Gasteiger charge is -2.24. The standard InChI is InChI=1S/C14H17NO5/c16-8-10-6-13(18)15(7-10)12(14(19)20)5-9-2-1-3-11(17)4-9/h1-4,10,12,16-17H,5-8H2,(H,19,20)/t10?,12-/m0/s1. The summed E-state index contributed by atoms with van der Waals surface area (Å²) < 4.78 is 0. The Morgan fingerprint density at radius 3 is 2.75 bits per heavy atom. The van der Waals surface area contributed by atoms with Crippen LogP contribution in [-0.4, -0.2) is 51.3 Å². The summed E-state index contributed by atoms with van der Waals surface area (Å²) in [5.41, 5.74) is 0.651. The number of amides is 1. The lowest BCUT2D eigenvalue weighted by atomic mass is 10.0. The number of benzene rings is 1. The topological polar surface area (TPSA) is 98.1 Å². The fourth-order valence-electron chi connectivity index (χ4n) is 2.47. The van der Waals surface area contributed by atoms with Crippen molar-refractivity contribution in [3.05, 3.63) is 29.8 Å². The van der Waals surface area contributed by atoms with Gasteiger partial charge >= 0.3 is 5.97 Å². The number of hydrogen-bond acceptors (Lipinski definition) is 4. The van der Waals surface area contributed by atoms with Crippen LogP contribution in [0.2, 0.25) is 0 Å². The van der Waals surface area contributed by atoms with E-state index in [-0.39, 0.29) is 43.6 Å². The number of carboxylic acid groups (broad SMARTS) is 1. The molecule has 1 heterocycles. The number of aliphatic carboxylic acids is 1. The molecule has 1 saturated heterocycles. The lowest BCUT2D eigenvalue weighted by Crippen LogP contribution is -2.43. The number of likely N-dealkylation sites (tertiary alicyclic amines) is 1. The quantitative estimate of drug-likeness (QED) is 0.716. The van der Waals surface area contributed by atoms with E-state index in [9.17, 15) is 19.8 Å². The van der Waals surface area contributed by atoms with E-state index in [4.69, 9.17) is 5.11 Å². The lowest BCUT2D eigenvalue weighted by molar-refractivity contribution is -0.148. The largest absolute Gasteiger partial charge is 0.508 e. The molecular weight excluding hydrogens is 262 g/mol. The fraction of sp³-hybridized carbons (Fsp3) is 0.429. The smallest absolute Gasteiger partial charge is 0.326 e. The van der Waals surface area contributed by atoms with Crippen molar-refractivity contribution >= 4 is 11.9 Å². The molecule has 6 heteroatoms. The Hall–Kier alpha value is -2.08. The Bertz CT molecular complexity index is 516. The van der Waals surface area contributed by atoms with Gasteiger partial charge in [-0.3, -0.25) is 4.79 Å². The van der Waals surface area contributed by atoms with Gasteiger partial charge in [0.15, 0.2) is 0 Å². The van der Waals surface area contributed by atoms with Crippen molar-refractivity contribution < 1.29 is 24.9 Å². The molecule has 20 heavy (non-hydrogen) atoms. The summed E-state index contributed by atoms with van der Waals surface area (Å²) in [7, 11) is 0. The van der Waals surface area contributed by atoms with E-state index in [0.717, 1.165) is 0 Å². The van der Waals surface area contributed by atoms with E-state index in [0.29, 0.717) is 5.56 Å². The Morgan fingerprint density at radius 2 is 2.20 bits per heavy atom. The average molecular weight is 279 g/mol. The first-order valence-electron chi connectivity index (χ1n) is 6.42. The zero-order valence-corrected chi connectivity index (χ0v) is 10.9. The summed E-state index contributed by atoms with van der Waals surface area (Å²) in [6.07, 6.45) is 0.313. The van der Waals surface area contributed by atoms with Gasteiger partial charge in [-0.15, -0.1) is 0 Å². The number of aromatic hydroxyl groups is 1. The molecule has 1 unspecified atom stereocenters. The SMILES string of the molecule is O=C(O)[C@H](Cc1cccc(O)c1)N1CC(CO)CC1=O. The normalized spacial score (nSPS) is 20.1. The number of aliphatic hydroxyl groups is 1. The first-order chi connectivity index (χ1) is 9.51. The maximum Gasteiger partial charge on any atom is 0.326 e. The van der Waals surface area contributed by atoms with Crippen molar-refractivity contribution in [3.8, 4) is 5.75 Å². The van der Waals surface area contributed by atoms with Gasteiger partial charge in [-0.2, -0.15) is 0 Å². The maximum atomic E-state index is 11.8. The van der Waals surface area contributed by atoms with Gasteiger partial charge in [-0.05, 0) is 17.7 Å². The molecule has 1 amide bonds. The number of carboxylic acids is 1. The molecule has 0 saturated carbocycles. The Balaban J connectivity index is 2.16. The Labute approximate surface area is 116 Å². The van der Waals surface area contributed by atoms with Gasteiger partial charge in [-0.1, -0.05) is 12.1 Å². The van der Waals surface area contributed by atoms with Crippen LogP contribution < -0.4 is 0 Å². The number of phenolic OH excluding ortho intramolecular Hbond substituents is 1. The van der Waals surface area contributed by atoms with Crippen LogP contribution in [-0.2, 0) is 16.0 Å². The third-order valence-corrected chi connectivity index (χ3v) is 3.50. The van der Waals surface area contributed by atoms with Crippen molar-refractivity contribution in [1.82, 2.24) is 4.90 Å². The molecule has 3 N–H and O–H groups in total. The number of nitrogens with zero attached hydrogens (tertiary/aromatic N) is 1. The minimum Gasteiger partial charge on any atom is -0.508 e. The van der Waals surface area contributed by atoms with Gasteiger partial charge in [-0.25, -0.2) is 4.79 Å². The molecular formula is C14H17NO5. The van der Waals surface area contributed by atoms with E-state index in [1.807, 2.05) is 0 Å². The zero-order valence-electron chi connectivity index (χ0n) is 10.9. The summed E-state index contributed by atoms with van der Waals surface area (Å²) in [5, 5.41) is 27.8. The molecule has 1 aromatic rings. The van der Waals surface area contributed by atoms with E-state index in [1.54, 1.807) is 12.1 Å². The highest BCUT2D eigenvalue weighted by atomic mass is 16.4. The van der Waals surface area contributed by atoms with Crippen LogP contribution in [0, 0.1) is 5.92 Å². The molecule has 1 fully saturated rings. The molecule has 2 atom stereocenters. The van der Waals surface area contributed by atoms with E-state index < -0.39 is 12.0 Å². The van der Waals surface area contributed by atoms with Crippen molar-refractivity contribution in [1.29, 1.82) is 0 Å². The molecule has 1 aliphatic rings. The van der Waals surface area contributed by atoms with Crippen molar-refractivity contribution in [3.63, 3.8) is 0 Å². The van der Waals surface area contributed by atoms with Gasteiger partial charge < -0.3 is 20.2 Å². The number of hydrogen-bond donors (Lipinski definition) is 3. The maximum absolute atomic E-state index is 11.8. The highest BCUT2D eigenvalue weighted by Crippen LogP contribution is 2.23. The summed E-state index contributed by atoms with van der Waals surface area (Å²) in [6, 6.07) is 5.36. The van der Waals surface area contributed by atoms with Crippen LogP contribution in [0.4, 0.5) is 0 Å². The molecule has 0 bridgehead atoms. The third-order valence-electron chi connectivity index (χ3n) is 3.50. The predicted molar refractivity (Wildman–Crippen MR) is 70.1 cm³/mol. The minimum atomic E-state index is -1.08. The van der Waals surface area contributed by atoms with E-state index in [2.05, 4.69) is 0 Å². The van der Waals surface area contributed by atoms with Gasteiger partial charge in [0.1, 0.15) is 11.8 Å². The third kappa shape index (κ3) is 3.08. The fourth-order valence-corrected chi connectivity index (χ4v) is 2.47. The van der Waals surface area contributed by atoms with Crippen molar-refractivity contribution in [2.45, 2.75) is 18.9 Å². The van der Waals surface area contributed by atoms with Gasteiger partial charge in [0, 0.05) is 31.9 Å². The average Bonchev–Trinajstić information content (AvgIpc) is 2.77. The van der Waals surface area contributed by atoms with Crippen molar-refractivity contribution in [2.24, 2.45) is 5.92 Å². The summed E-state index contributed by atoms with van der Waals surface area (Å²) in [4.78, 5) is 24.5. The van der Waals surface area contributed by atoms with Crippen LogP contribution in [0.3, 0.4) is 0 Å². The molecule has 0 aromatic heterocycles. The predicted octanol–water partition coefficient (Wildman–Crippen LogP) is 0.229. The first kappa shape index (κ1) is 14.3. The van der Waals surface area contributed by atoms with Crippen LogP contribution in [0.5, 0.6) is 5.75 Å². The van der Waals surface area contributed by atoms with E-state index >= 15 is 0 Å². The highest BCUT2D eigenvalue weighted by Gasteiger charge is 2.37. The summed E-state index contributed by atoms with van der Waals surface area (Å²) in [6.45, 7) is 0.131. The van der Waals surface area contributed by atoms with Gasteiger partial charge in [0.2, 0.25) is 5.91 Å². The molecule has 108 valence electrons. The molecule has 6 nitrogen and oxygen atoms in total. The summed E-state index contributed by atoms with van der Waals surface area (Å²) in [5.74, 6) is -1.47. The second kappa shape index (κ2) is 5.92. The van der Waals surface area contributed by atoms with Crippen LogP contribution in [0.25, 0.3) is 0 Å². The van der Waals surface area contributed by atoms with Crippen LogP contribution in [0.15, 0.2) is 24.3 Å². The number of phenols is 1. The molecule has 2 rings (SSSR count). The molecule has 1 aromatic carbocycles. The molecule has 0 spiro atoms. The molecule has 1 aliphatic heterocycles. The Morgan fingerprint density at radius 1 is 1.45 bits per heavy atom. The van der Waals surface area contributed by atoms with Gasteiger partial charge in [0.25, 0.3) is 0 Å². The minimum absolute atomic E-state index is 0.0626. The number of carbonyl (C=O) groups excluding carboxylic acids is 1. The zero-order chi connectivity index (χ0) is 14.7.